The minimum Gasteiger partial charge on any atom is -0.300 e. The van der Waals surface area contributed by atoms with Gasteiger partial charge in [-0.3, -0.25) is 4.79 Å². The van der Waals surface area contributed by atoms with Crippen molar-refractivity contribution in [1.82, 2.24) is 0 Å². The SMILES string of the molecule is CC(C)(C)CC(=O)CC[Si](C)(C)C. The topological polar surface area (TPSA) is 17.1 Å². The maximum Gasteiger partial charge on any atom is 0.133 e. The van der Waals surface area contributed by atoms with Gasteiger partial charge in [-0.05, 0) is 5.41 Å². The Morgan fingerprint density at radius 3 is 1.92 bits per heavy atom. The Hall–Kier alpha value is -0.113. The van der Waals surface area contributed by atoms with Crippen LogP contribution in [0.25, 0.3) is 0 Å². The Labute approximate surface area is 83.9 Å². The predicted octanol–water partition coefficient (Wildman–Crippen LogP) is 3.72. The summed E-state index contributed by atoms with van der Waals surface area (Å²) in [7, 11) is -1.02. The minimum absolute atomic E-state index is 0.163. The van der Waals surface area contributed by atoms with Crippen LogP contribution in [0.4, 0.5) is 0 Å². The van der Waals surface area contributed by atoms with Crippen LogP contribution in [0.3, 0.4) is 0 Å². The van der Waals surface area contributed by atoms with Gasteiger partial charge >= 0.3 is 0 Å². The lowest BCUT2D eigenvalue weighted by atomic mass is 9.89. The first kappa shape index (κ1) is 12.9. The summed E-state index contributed by atoms with van der Waals surface area (Å²) in [6.07, 6.45) is 1.53. The van der Waals surface area contributed by atoms with Crippen LogP contribution in [0, 0.1) is 5.41 Å². The zero-order valence-corrected chi connectivity index (χ0v) is 11.0. The molecule has 0 N–H and O–H groups in total. The lowest BCUT2D eigenvalue weighted by molar-refractivity contribution is -0.120. The first-order valence-corrected chi connectivity index (χ1v) is 8.83. The van der Waals surface area contributed by atoms with E-state index in [1.165, 1.54) is 0 Å². The molecule has 0 aliphatic rings. The van der Waals surface area contributed by atoms with Crippen LogP contribution >= 0.6 is 0 Å². The fourth-order valence-corrected chi connectivity index (χ4v) is 2.22. The van der Waals surface area contributed by atoms with Gasteiger partial charge in [0.25, 0.3) is 0 Å². The third-order valence-corrected chi connectivity index (χ3v) is 3.63. The Morgan fingerprint density at radius 2 is 1.62 bits per heavy atom. The Balaban J connectivity index is 3.78. The van der Waals surface area contributed by atoms with Gasteiger partial charge in [-0.25, -0.2) is 0 Å². The average molecular weight is 200 g/mol. The average Bonchev–Trinajstić information content (AvgIpc) is 1.78. The first-order chi connectivity index (χ1) is 5.60. The van der Waals surface area contributed by atoms with Crippen molar-refractivity contribution in [2.24, 2.45) is 5.41 Å². The summed E-state index contributed by atoms with van der Waals surface area (Å²) in [5, 5.41) is 0. The molecule has 13 heavy (non-hydrogen) atoms. The van der Waals surface area contributed by atoms with Crippen molar-refractivity contribution < 1.29 is 4.79 Å². The van der Waals surface area contributed by atoms with Gasteiger partial charge in [-0.1, -0.05) is 46.5 Å². The Kier molecular flexibility index (Phi) is 4.37. The summed E-state index contributed by atoms with van der Waals surface area (Å²) in [5.41, 5.74) is 0.163. The van der Waals surface area contributed by atoms with E-state index < -0.39 is 8.07 Å². The third-order valence-electron chi connectivity index (χ3n) is 1.88. The van der Waals surface area contributed by atoms with Gasteiger partial charge in [-0.15, -0.1) is 0 Å². The molecule has 0 aromatic carbocycles. The molecule has 0 unspecified atom stereocenters. The van der Waals surface area contributed by atoms with Gasteiger partial charge in [0.1, 0.15) is 5.78 Å². The molecule has 0 bridgehead atoms. The van der Waals surface area contributed by atoms with Crippen molar-refractivity contribution >= 4 is 13.9 Å². The quantitative estimate of drug-likeness (QED) is 0.632. The van der Waals surface area contributed by atoms with E-state index in [9.17, 15) is 4.79 Å². The number of hydrogen-bond donors (Lipinski definition) is 0. The molecule has 0 saturated carbocycles. The lowest BCUT2D eigenvalue weighted by Crippen LogP contribution is -2.22. The number of carbonyl (C=O) groups excluding carboxylic acids is 1. The standard InChI is InChI=1S/C11H24OSi/c1-11(2,3)9-10(12)7-8-13(4,5)6/h7-9H2,1-6H3. The highest BCUT2D eigenvalue weighted by Crippen LogP contribution is 2.21. The molecule has 0 aliphatic carbocycles. The van der Waals surface area contributed by atoms with Crippen molar-refractivity contribution in [2.75, 3.05) is 0 Å². The van der Waals surface area contributed by atoms with Crippen LogP contribution in [-0.4, -0.2) is 13.9 Å². The number of carbonyl (C=O) groups is 1. The number of ketones is 1. The molecule has 0 rings (SSSR count). The molecular formula is C11H24OSi. The number of Topliss-reactive ketones (excluding diaryl/α,β-unsaturated/α-hetero) is 1. The summed E-state index contributed by atoms with van der Waals surface area (Å²) < 4.78 is 0. The summed E-state index contributed by atoms with van der Waals surface area (Å²) in [6, 6.07) is 1.14. The van der Waals surface area contributed by atoms with E-state index >= 15 is 0 Å². The van der Waals surface area contributed by atoms with E-state index in [2.05, 4.69) is 40.4 Å². The van der Waals surface area contributed by atoms with Crippen molar-refractivity contribution in [3.8, 4) is 0 Å². The van der Waals surface area contributed by atoms with Crippen LogP contribution < -0.4 is 0 Å². The van der Waals surface area contributed by atoms with Crippen LogP contribution in [-0.2, 0) is 4.79 Å². The van der Waals surface area contributed by atoms with Crippen molar-refractivity contribution in [3.05, 3.63) is 0 Å². The second kappa shape index (κ2) is 4.40. The Bertz CT molecular complexity index is 172. The molecule has 0 aliphatic heterocycles. The number of rotatable bonds is 4. The molecule has 0 radical (unpaired) electrons. The monoisotopic (exact) mass is 200 g/mol. The van der Waals surface area contributed by atoms with Gasteiger partial charge in [0, 0.05) is 20.9 Å². The normalized spacial score (nSPS) is 13.1. The predicted molar refractivity (Wildman–Crippen MR) is 61.8 cm³/mol. The first-order valence-electron chi connectivity index (χ1n) is 5.12. The van der Waals surface area contributed by atoms with Crippen molar-refractivity contribution in [3.63, 3.8) is 0 Å². The van der Waals surface area contributed by atoms with Crippen LogP contribution in [0.15, 0.2) is 0 Å². The summed E-state index contributed by atoms with van der Waals surface area (Å²) in [6.45, 7) is 13.3. The smallest absolute Gasteiger partial charge is 0.133 e. The van der Waals surface area contributed by atoms with Gasteiger partial charge in [0.2, 0.25) is 0 Å². The summed E-state index contributed by atoms with van der Waals surface area (Å²) in [4.78, 5) is 11.5. The van der Waals surface area contributed by atoms with E-state index in [-0.39, 0.29) is 5.41 Å². The molecule has 78 valence electrons. The van der Waals surface area contributed by atoms with Gasteiger partial charge in [0.15, 0.2) is 0 Å². The van der Waals surface area contributed by atoms with E-state index in [0.29, 0.717) is 5.78 Å². The molecule has 2 heteroatoms. The van der Waals surface area contributed by atoms with E-state index in [1.54, 1.807) is 0 Å². The van der Waals surface area contributed by atoms with Crippen LogP contribution in [0.2, 0.25) is 25.7 Å². The van der Waals surface area contributed by atoms with E-state index in [1.807, 2.05) is 0 Å². The molecule has 0 atom stereocenters. The molecule has 0 aromatic heterocycles. The third kappa shape index (κ3) is 9.80. The van der Waals surface area contributed by atoms with E-state index in [0.717, 1.165) is 18.9 Å². The zero-order valence-electron chi connectivity index (χ0n) is 10.0. The van der Waals surface area contributed by atoms with Crippen LogP contribution in [0.1, 0.15) is 33.6 Å². The number of hydrogen-bond acceptors (Lipinski definition) is 1. The second-order valence-corrected chi connectivity index (χ2v) is 12.0. The molecule has 1 nitrogen and oxygen atoms in total. The fraction of sp³-hybridized carbons (Fsp3) is 0.909. The molecule has 0 heterocycles. The van der Waals surface area contributed by atoms with Crippen LogP contribution in [0.5, 0.6) is 0 Å². The maximum atomic E-state index is 11.5. The van der Waals surface area contributed by atoms with E-state index in [4.69, 9.17) is 0 Å². The fourth-order valence-electron chi connectivity index (χ4n) is 1.19. The van der Waals surface area contributed by atoms with Gasteiger partial charge < -0.3 is 0 Å². The van der Waals surface area contributed by atoms with Gasteiger partial charge in [-0.2, -0.15) is 0 Å². The summed E-state index contributed by atoms with van der Waals surface area (Å²) in [5.74, 6) is 0.440. The molecular weight excluding hydrogens is 176 g/mol. The zero-order chi connectivity index (χ0) is 10.7. The lowest BCUT2D eigenvalue weighted by Gasteiger charge is -2.19. The van der Waals surface area contributed by atoms with Gasteiger partial charge in [0.05, 0.1) is 0 Å². The largest absolute Gasteiger partial charge is 0.300 e. The second-order valence-electron chi connectivity index (χ2n) is 6.34. The Morgan fingerprint density at radius 1 is 1.15 bits per heavy atom. The highest BCUT2D eigenvalue weighted by atomic mass is 28.3. The van der Waals surface area contributed by atoms with Crippen molar-refractivity contribution in [1.29, 1.82) is 0 Å². The maximum absolute atomic E-state index is 11.5. The highest BCUT2D eigenvalue weighted by molar-refractivity contribution is 6.76. The molecule has 0 aromatic rings. The summed E-state index contributed by atoms with van der Waals surface area (Å²) >= 11 is 0. The molecule has 0 fully saturated rings. The van der Waals surface area contributed by atoms with Crippen molar-refractivity contribution in [2.45, 2.75) is 59.3 Å². The molecule has 0 amide bonds. The highest BCUT2D eigenvalue weighted by Gasteiger charge is 2.19. The molecule has 0 saturated heterocycles. The minimum atomic E-state index is -1.02. The molecule has 0 spiro atoms.